The molecule has 0 aromatic heterocycles. The zero-order valence-corrected chi connectivity index (χ0v) is 28.0. The maximum atomic E-state index is 12.7. The molecular weight excluding hydrogens is 636 g/mol. The minimum atomic E-state index is -0.586. The van der Waals surface area contributed by atoms with Crippen LogP contribution in [0.1, 0.15) is 41.4 Å². The highest BCUT2D eigenvalue weighted by Gasteiger charge is 2.23. The number of rotatable bonds is 17. The molecule has 0 aliphatic rings. The highest BCUT2D eigenvalue weighted by atomic mass is 16.7. The summed E-state index contributed by atoms with van der Waals surface area (Å²) < 4.78 is 11.2. The summed E-state index contributed by atoms with van der Waals surface area (Å²) >= 11 is 0. The predicted octanol–water partition coefficient (Wildman–Crippen LogP) is -0.0896. The smallest absolute Gasteiger partial charge is 0.280 e. The average Bonchev–Trinajstić information content (AvgIpc) is 3.11. The number of ether oxygens (including phenoxy) is 2. The van der Waals surface area contributed by atoms with Crippen LogP contribution in [0, 0.1) is 0 Å². The summed E-state index contributed by atoms with van der Waals surface area (Å²) in [6, 6.07) is 8.13. The molecule has 0 atom stereocenters. The third kappa shape index (κ3) is 10.6. The van der Waals surface area contributed by atoms with Crippen molar-refractivity contribution in [3.8, 4) is 11.5 Å². The number of hydrogen-bond acceptors (Lipinski definition) is 12. The normalized spacial score (nSPS) is 10.4. The summed E-state index contributed by atoms with van der Waals surface area (Å²) in [5, 5.41) is 8.97. The van der Waals surface area contributed by atoms with Gasteiger partial charge < -0.3 is 20.1 Å². The maximum Gasteiger partial charge on any atom is 0.280 e. The van der Waals surface area contributed by atoms with Crippen molar-refractivity contribution in [1.29, 1.82) is 0 Å². The van der Waals surface area contributed by atoms with Gasteiger partial charge in [-0.1, -0.05) is 0 Å². The van der Waals surface area contributed by atoms with Crippen molar-refractivity contribution in [1.82, 2.24) is 30.9 Å². The Balaban J connectivity index is 1.99. The Morgan fingerprint density at radius 3 is 1.15 bits per heavy atom. The lowest BCUT2D eigenvalue weighted by atomic mass is 10.1. The number of carbonyl (C=O) groups is 6. The fourth-order valence-electron chi connectivity index (χ4n) is 3.73. The monoisotopic (exact) mass is 676 g/mol. The van der Waals surface area contributed by atoms with Gasteiger partial charge in [0, 0.05) is 52.4 Å². The Morgan fingerprint density at radius 2 is 0.833 bits per heavy atom. The molecule has 0 aliphatic carbocycles. The summed E-state index contributed by atoms with van der Waals surface area (Å²) in [5.41, 5.74) is 0.351. The predicted molar refractivity (Wildman–Crippen MR) is 166 cm³/mol. The van der Waals surface area contributed by atoms with Gasteiger partial charge in [0.15, 0.2) is 13.2 Å². The number of nitrogens with zero attached hydrogens (tertiary/aromatic N) is 4. The molecule has 0 saturated heterocycles. The number of benzene rings is 2. The lowest BCUT2D eigenvalue weighted by Gasteiger charge is -2.19. The van der Waals surface area contributed by atoms with E-state index in [2.05, 4.69) is 10.6 Å². The molecule has 48 heavy (non-hydrogen) atoms. The van der Waals surface area contributed by atoms with Gasteiger partial charge >= 0.3 is 0 Å². The number of hydrogen-bond donors (Lipinski definition) is 2. The SMILES string of the molecule is CON(C)C(=O)c1ccc(C(=O)N(C)OC)c(OCC(=O)NCCNC(=O)COc2cc(C(=O)N(C)OC)ccc2C(=O)N(C)OC)c1. The van der Waals surface area contributed by atoms with E-state index in [1.807, 2.05) is 0 Å². The van der Waals surface area contributed by atoms with Crippen LogP contribution in [0.4, 0.5) is 0 Å². The molecule has 0 spiro atoms. The zero-order chi connectivity index (χ0) is 36.0. The van der Waals surface area contributed by atoms with Crippen LogP contribution in [-0.2, 0) is 28.9 Å². The Labute approximate surface area is 277 Å². The van der Waals surface area contributed by atoms with Crippen molar-refractivity contribution in [3.63, 3.8) is 0 Å². The van der Waals surface area contributed by atoms with Gasteiger partial charge in [-0.05, 0) is 36.4 Å². The molecule has 0 saturated carbocycles. The number of carbonyl (C=O) groups excluding carboxylic acids is 6. The van der Waals surface area contributed by atoms with Crippen LogP contribution in [0.5, 0.6) is 11.5 Å². The van der Waals surface area contributed by atoms with Gasteiger partial charge in [-0.15, -0.1) is 0 Å². The lowest BCUT2D eigenvalue weighted by molar-refractivity contribution is -0.124. The fraction of sp³-hybridized carbons (Fsp3) is 0.400. The van der Waals surface area contributed by atoms with E-state index in [9.17, 15) is 28.8 Å². The minimum absolute atomic E-state index is 0.000991. The van der Waals surface area contributed by atoms with Crippen LogP contribution < -0.4 is 20.1 Å². The second-order valence-electron chi connectivity index (χ2n) is 9.64. The molecule has 18 nitrogen and oxygen atoms in total. The van der Waals surface area contributed by atoms with Crippen LogP contribution in [0.15, 0.2) is 36.4 Å². The van der Waals surface area contributed by atoms with E-state index in [4.69, 9.17) is 28.8 Å². The summed E-state index contributed by atoms with van der Waals surface area (Å²) in [7, 11) is 10.8. The van der Waals surface area contributed by atoms with Crippen LogP contribution >= 0.6 is 0 Å². The molecule has 0 bridgehead atoms. The largest absolute Gasteiger partial charge is 0.483 e. The number of amides is 6. The topological polar surface area (TPSA) is 195 Å². The fourth-order valence-corrected chi connectivity index (χ4v) is 3.73. The zero-order valence-electron chi connectivity index (χ0n) is 28.0. The second-order valence-corrected chi connectivity index (χ2v) is 9.64. The molecule has 6 amide bonds. The molecule has 0 fully saturated rings. The van der Waals surface area contributed by atoms with E-state index in [0.717, 1.165) is 20.3 Å². The van der Waals surface area contributed by atoms with Gasteiger partial charge in [-0.25, -0.2) is 20.3 Å². The van der Waals surface area contributed by atoms with Crippen LogP contribution in [0.25, 0.3) is 0 Å². The summed E-state index contributed by atoms with van der Waals surface area (Å²) in [4.78, 5) is 95.1. The summed E-state index contributed by atoms with van der Waals surface area (Å²) in [6.07, 6.45) is 0. The van der Waals surface area contributed by atoms with Crippen molar-refractivity contribution >= 4 is 35.4 Å². The molecule has 2 aromatic carbocycles. The van der Waals surface area contributed by atoms with Crippen LogP contribution in [-0.4, -0.2) is 139 Å². The van der Waals surface area contributed by atoms with Gasteiger partial charge in [0.25, 0.3) is 35.4 Å². The molecule has 0 aliphatic heterocycles. The van der Waals surface area contributed by atoms with E-state index in [0.29, 0.717) is 0 Å². The van der Waals surface area contributed by atoms with Gasteiger partial charge in [-0.2, -0.15) is 0 Å². The van der Waals surface area contributed by atoms with Crippen molar-refractivity contribution in [2.24, 2.45) is 0 Å². The van der Waals surface area contributed by atoms with E-state index in [-0.39, 0.29) is 46.8 Å². The second kappa shape index (κ2) is 18.7. The minimum Gasteiger partial charge on any atom is -0.483 e. The van der Waals surface area contributed by atoms with Gasteiger partial charge in [0.05, 0.1) is 39.6 Å². The molecule has 0 radical (unpaired) electrons. The van der Waals surface area contributed by atoms with Crippen molar-refractivity contribution in [3.05, 3.63) is 58.7 Å². The molecule has 0 unspecified atom stereocenters. The van der Waals surface area contributed by atoms with Crippen LogP contribution in [0.3, 0.4) is 0 Å². The van der Waals surface area contributed by atoms with E-state index in [1.54, 1.807) is 0 Å². The highest BCUT2D eigenvalue weighted by Crippen LogP contribution is 2.24. The third-order valence-corrected chi connectivity index (χ3v) is 6.64. The first-order valence-corrected chi connectivity index (χ1v) is 14.1. The first kappa shape index (κ1) is 38.9. The Bertz CT molecular complexity index is 1380. The van der Waals surface area contributed by atoms with E-state index in [1.165, 1.54) is 93.0 Å². The molecule has 0 heterocycles. The molecule has 18 heteroatoms. The standard InChI is InChI=1S/C30H40N6O12/c1-33(43-5)27(39)19-9-11-21(29(41)35(3)45-7)23(15-19)47-17-25(37)31-13-14-32-26(38)18-48-24-16-20(28(40)34(2)44-6)10-12-22(24)30(42)36(4)46-8/h9-12,15-16H,13-14,17-18H2,1-8H3,(H,31,37)(H,32,38). The Hall–Kier alpha value is -5.30. The van der Waals surface area contributed by atoms with Crippen molar-refractivity contribution in [2.45, 2.75) is 0 Å². The van der Waals surface area contributed by atoms with Crippen molar-refractivity contribution < 1.29 is 57.6 Å². The maximum absolute atomic E-state index is 12.7. The third-order valence-electron chi connectivity index (χ3n) is 6.64. The lowest BCUT2D eigenvalue weighted by Crippen LogP contribution is -2.38. The average molecular weight is 677 g/mol. The summed E-state index contributed by atoms with van der Waals surface area (Å²) in [6.45, 7) is -1.05. The van der Waals surface area contributed by atoms with Crippen LogP contribution in [0.2, 0.25) is 0 Å². The molecule has 2 rings (SSSR count). The summed E-state index contributed by atoms with van der Waals surface area (Å²) in [5.74, 6) is -3.47. The quantitative estimate of drug-likeness (QED) is 0.167. The Morgan fingerprint density at radius 1 is 0.521 bits per heavy atom. The highest BCUT2D eigenvalue weighted by molar-refractivity contribution is 6.00. The molecule has 2 N–H and O–H groups in total. The molecule has 2 aromatic rings. The van der Waals surface area contributed by atoms with Gasteiger partial charge in [0.1, 0.15) is 11.5 Å². The number of hydroxylamine groups is 8. The van der Waals surface area contributed by atoms with Gasteiger partial charge in [-0.3, -0.25) is 48.1 Å². The Kier molecular flexibility index (Phi) is 15.2. The molecule has 262 valence electrons. The first-order valence-electron chi connectivity index (χ1n) is 14.1. The van der Waals surface area contributed by atoms with E-state index >= 15 is 0 Å². The first-order chi connectivity index (χ1) is 22.8. The number of nitrogens with one attached hydrogen (secondary N) is 2. The van der Waals surface area contributed by atoms with Gasteiger partial charge in [0.2, 0.25) is 0 Å². The van der Waals surface area contributed by atoms with Crippen molar-refractivity contribution in [2.75, 3.05) is 82.9 Å². The van der Waals surface area contributed by atoms with E-state index < -0.39 is 48.7 Å². The molecular formula is C30H40N6O12.